The summed E-state index contributed by atoms with van der Waals surface area (Å²) in [5.74, 6) is 0.872. The first-order valence-corrected chi connectivity index (χ1v) is 6.99. The Morgan fingerprint density at radius 1 is 1.37 bits per heavy atom. The molecule has 0 bridgehead atoms. The Kier molecular flexibility index (Phi) is 5.00. The van der Waals surface area contributed by atoms with Crippen LogP contribution in [0.25, 0.3) is 6.08 Å². The van der Waals surface area contributed by atoms with Gasteiger partial charge in [0.25, 0.3) is 0 Å². The second-order valence-corrected chi connectivity index (χ2v) is 5.30. The van der Waals surface area contributed by atoms with Crippen molar-refractivity contribution in [2.75, 3.05) is 13.2 Å². The molecule has 1 aliphatic rings. The van der Waals surface area contributed by atoms with Gasteiger partial charge in [-0.2, -0.15) is 0 Å². The lowest BCUT2D eigenvalue weighted by Crippen LogP contribution is -2.35. The standard InChI is InChI=1S/C16H23NO2/c1-12(2)17-10-14(18)11-19-16-9-5-7-13-6-3-4-8-15(13)16/h4-5,7-9,12,14,17-18H,3,6,10-11H2,1-2H3. The molecule has 1 aromatic rings. The van der Waals surface area contributed by atoms with E-state index >= 15 is 0 Å². The fourth-order valence-corrected chi connectivity index (χ4v) is 2.18. The van der Waals surface area contributed by atoms with Gasteiger partial charge >= 0.3 is 0 Å². The van der Waals surface area contributed by atoms with Crippen molar-refractivity contribution >= 4 is 6.08 Å². The van der Waals surface area contributed by atoms with Gasteiger partial charge in [-0.25, -0.2) is 0 Å². The lowest BCUT2D eigenvalue weighted by Gasteiger charge is -2.18. The van der Waals surface area contributed by atoms with Gasteiger partial charge in [0.2, 0.25) is 0 Å². The summed E-state index contributed by atoms with van der Waals surface area (Å²) in [5.41, 5.74) is 2.49. The Morgan fingerprint density at radius 3 is 3.00 bits per heavy atom. The first-order chi connectivity index (χ1) is 9.16. The van der Waals surface area contributed by atoms with Gasteiger partial charge in [-0.15, -0.1) is 0 Å². The molecule has 0 heterocycles. The Morgan fingerprint density at radius 2 is 2.21 bits per heavy atom. The zero-order chi connectivity index (χ0) is 13.7. The highest BCUT2D eigenvalue weighted by Gasteiger charge is 2.11. The van der Waals surface area contributed by atoms with Crippen molar-refractivity contribution in [3.05, 3.63) is 35.4 Å². The highest BCUT2D eigenvalue weighted by atomic mass is 16.5. The van der Waals surface area contributed by atoms with E-state index in [1.165, 1.54) is 5.56 Å². The van der Waals surface area contributed by atoms with E-state index in [1.54, 1.807) is 0 Å². The van der Waals surface area contributed by atoms with Crippen LogP contribution in [0.5, 0.6) is 5.75 Å². The van der Waals surface area contributed by atoms with Gasteiger partial charge in [-0.1, -0.05) is 38.1 Å². The van der Waals surface area contributed by atoms with Crippen molar-refractivity contribution in [2.24, 2.45) is 0 Å². The van der Waals surface area contributed by atoms with E-state index in [2.05, 4.69) is 37.4 Å². The molecule has 1 aromatic carbocycles. The molecule has 0 amide bonds. The monoisotopic (exact) mass is 261 g/mol. The molecule has 1 unspecified atom stereocenters. The molecular formula is C16H23NO2. The summed E-state index contributed by atoms with van der Waals surface area (Å²) >= 11 is 0. The summed E-state index contributed by atoms with van der Waals surface area (Å²) in [6, 6.07) is 6.51. The largest absolute Gasteiger partial charge is 0.490 e. The normalized spacial score (nSPS) is 15.4. The predicted octanol–water partition coefficient (Wildman–Crippen LogP) is 2.38. The smallest absolute Gasteiger partial charge is 0.126 e. The summed E-state index contributed by atoms with van der Waals surface area (Å²) in [4.78, 5) is 0. The third-order valence-electron chi connectivity index (χ3n) is 3.21. The quantitative estimate of drug-likeness (QED) is 0.826. The van der Waals surface area contributed by atoms with E-state index in [1.807, 2.05) is 12.1 Å². The van der Waals surface area contributed by atoms with E-state index in [4.69, 9.17) is 4.74 Å². The summed E-state index contributed by atoms with van der Waals surface area (Å²) in [7, 11) is 0. The molecule has 0 fully saturated rings. The molecule has 19 heavy (non-hydrogen) atoms. The maximum Gasteiger partial charge on any atom is 0.126 e. The van der Waals surface area contributed by atoms with Crippen molar-refractivity contribution in [1.29, 1.82) is 0 Å². The fraction of sp³-hybridized carbons (Fsp3) is 0.500. The van der Waals surface area contributed by atoms with E-state index < -0.39 is 6.10 Å². The molecule has 0 spiro atoms. The number of fused-ring (bicyclic) bond motifs is 1. The number of nitrogens with one attached hydrogen (secondary N) is 1. The fourth-order valence-electron chi connectivity index (χ4n) is 2.18. The van der Waals surface area contributed by atoms with Gasteiger partial charge in [0.1, 0.15) is 18.5 Å². The van der Waals surface area contributed by atoms with Crippen molar-refractivity contribution < 1.29 is 9.84 Å². The van der Waals surface area contributed by atoms with Crippen LogP contribution in [0.2, 0.25) is 0 Å². The van der Waals surface area contributed by atoms with E-state index in [0.717, 1.165) is 24.2 Å². The van der Waals surface area contributed by atoms with Crippen LogP contribution >= 0.6 is 0 Å². The highest BCUT2D eigenvalue weighted by Crippen LogP contribution is 2.28. The minimum Gasteiger partial charge on any atom is -0.490 e. The summed E-state index contributed by atoms with van der Waals surface area (Å²) < 4.78 is 5.76. The average molecular weight is 261 g/mol. The highest BCUT2D eigenvalue weighted by molar-refractivity contribution is 5.63. The molecule has 0 radical (unpaired) electrons. The van der Waals surface area contributed by atoms with E-state index in [0.29, 0.717) is 19.2 Å². The number of aryl methyl sites for hydroxylation is 1. The van der Waals surface area contributed by atoms with Crippen molar-refractivity contribution in [3.8, 4) is 5.75 Å². The lowest BCUT2D eigenvalue weighted by atomic mass is 9.97. The van der Waals surface area contributed by atoms with Crippen LogP contribution in [0, 0.1) is 0 Å². The number of allylic oxidation sites excluding steroid dienone is 1. The lowest BCUT2D eigenvalue weighted by molar-refractivity contribution is 0.104. The van der Waals surface area contributed by atoms with Crippen LogP contribution < -0.4 is 10.1 Å². The van der Waals surface area contributed by atoms with E-state index in [9.17, 15) is 5.11 Å². The Balaban J connectivity index is 1.92. The predicted molar refractivity (Wildman–Crippen MR) is 78.4 cm³/mol. The number of benzene rings is 1. The second kappa shape index (κ2) is 6.73. The minimum atomic E-state index is -0.481. The molecule has 0 saturated carbocycles. The van der Waals surface area contributed by atoms with Crippen LogP contribution in [0.3, 0.4) is 0 Å². The zero-order valence-corrected chi connectivity index (χ0v) is 11.7. The molecule has 2 N–H and O–H groups in total. The maximum atomic E-state index is 9.86. The second-order valence-electron chi connectivity index (χ2n) is 5.30. The third-order valence-corrected chi connectivity index (χ3v) is 3.21. The van der Waals surface area contributed by atoms with Crippen molar-refractivity contribution in [1.82, 2.24) is 5.32 Å². The van der Waals surface area contributed by atoms with Crippen LogP contribution in [0.4, 0.5) is 0 Å². The molecule has 0 aromatic heterocycles. The van der Waals surface area contributed by atoms with Crippen LogP contribution in [-0.2, 0) is 6.42 Å². The minimum absolute atomic E-state index is 0.323. The topological polar surface area (TPSA) is 41.5 Å². The Bertz CT molecular complexity index is 440. The molecule has 1 aliphatic carbocycles. The molecule has 104 valence electrons. The Labute approximate surface area is 115 Å². The summed E-state index contributed by atoms with van der Waals surface area (Å²) in [6.07, 6.45) is 5.97. The molecule has 0 aliphatic heterocycles. The molecule has 0 saturated heterocycles. The van der Waals surface area contributed by atoms with Crippen LogP contribution in [0.1, 0.15) is 31.4 Å². The molecule has 3 nitrogen and oxygen atoms in total. The summed E-state index contributed by atoms with van der Waals surface area (Å²) in [5, 5.41) is 13.1. The molecule has 3 heteroatoms. The van der Waals surface area contributed by atoms with Gasteiger partial charge < -0.3 is 15.2 Å². The zero-order valence-electron chi connectivity index (χ0n) is 11.7. The number of hydrogen-bond donors (Lipinski definition) is 2. The van der Waals surface area contributed by atoms with Gasteiger partial charge in [0.05, 0.1) is 0 Å². The van der Waals surface area contributed by atoms with Gasteiger partial charge in [0, 0.05) is 18.2 Å². The SMILES string of the molecule is CC(C)NCC(O)COc1cccc2c1C=CCC2. The van der Waals surface area contributed by atoms with Crippen LogP contribution in [0.15, 0.2) is 24.3 Å². The summed E-state index contributed by atoms with van der Waals surface area (Å²) in [6.45, 7) is 5.00. The number of hydrogen-bond acceptors (Lipinski definition) is 3. The average Bonchev–Trinajstić information content (AvgIpc) is 2.42. The first-order valence-electron chi connectivity index (χ1n) is 6.99. The first kappa shape index (κ1) is 14.1. The third kappa shape index (κ3) is 4.08. The molecular weight excluding hydrogens is 238 g/mol. The van der Waals surface area contributed by atoms with Gasteiger partial charge in [-0.05, 0) is 24.5 Å². The number of aliphatic hydroxyl groups is 1. The van der Waals surface area contributed by atoms with Crippen molar-refractivity contribution in [3.63, 3.8) is 0 Å². The Hall–Kier alpha value is -1.32. The number of ether oxygens (including phenoxy) is 1. The number of rotatable bonds is 6. The van der Waals surface area contributed by atoms with Gasteiger partial charge in [-0.3, -0.25) is 0 Å². The molecule has 1 atom stereocenters. The maximum absolute atomic E-state index is 9.86. The number of aliphatic hydroxyl groups excluding tert-OH is 1. The van der Waals surface area contributed by atoms with Gasteiger partial charge in [0.15, 0.2) is 0 Å². The van der Waals surface area contributed by atoms with E-state index in [-0.39, 0.29) is 0 Å². The van der Waals surface area contributed by atoms with Crippen LogP contribution in [-0.4, -0.2) is 30.4 Å². The molecule has 2 rings (SSSR count). The van der Waals surface area contributed by atoms with Crippen molar-refractivity contribution in [2.45, 2.75) is 38.8 Å².